The van der Waals surface area contributed by atoms with Gasteiger partial charge in [0, 0.05) is 12.3 Å². The van der Waals surface area contributed by atoms with Gasteiger partial charge in [0.05, 0.1) is 12.5 Å². The van der Waals surface area contributed by atoms with Crippen molar-refractivity contribution in [3.8, 4) is 0 Å². The third kappa shape index (κ3) is 2.80. The van der Waals surface area contributed by atoms with Crippen LogP contribution in [0.5, 0.6) is 0 Å². The first kappa shape index (κ1) is 10.2. The molecule has 1 N–H and O–H groups in total. The molecule has 1 aliphatic heterocycles. The third-order valence-corrected chi connectivity index (χ3v) is 2.57. The lowest BCUT2D eigenvalue weighted by Gasteiger charge is -2.21. The van der Waals surface area contributed by atoms with Crippen LogP contribution in [-0.4, -0.2) is 19.1 Å². The van der Waals surface area contributed by atoms with Gasteiger partial charge in [0.2, 0.25) is 5.91 Å². The van der Waals surface area contributed by atoms with E-state index in [0.29, 0.717) is 6.61 Å². The summed E-state index contributed by atoms with van der Waals surface area (Å²) in [5.41, 5.74) is 0.855. The average Bonchev–Trinajstić information content (AvgIpc) is 2.31. The second-order valence-corrected chi connectivity index (χ2v) is 3.77. The number of benzene rings is 1. The molecule has 15 heavy (non-hydrogen) atoms. The summed E-state index contributed by atoms with van der Waals surface area (Å²) >= 11 is 0. The molecule has 1 atom stereocenters. The normalized spacial score (nSPS) is 20.9. The maximum Gasteiger partial charge on any atom is 0.229 e. The summed E-state index contributed by atoms with van der Waals surface area (Å²) in [4.78, 5) is 11.8. The molecule has 1 aromatic carbocycles. The minimum atomic E-state index is 0.0129. The van der Waals surface area contributed by atoms with Crippen molar-refractivity contribution in [3.63, 3.8) is 0 Å². The molecule has 0 spiro atoms. The minimum Gasteiger partial charge on any atom is -0.381 e. The second kappa shape index (κ2) is 4.94. The molecular weight excluding hydrogens is 190 g/mol. The van der Waals surface area contributed by atoms with Crippen LogP contribution in [0.15, 0.2) is 30.3 Å². The molecule has 3 nitrogen and oxygen atoms in total. The maximum absolute atomic E-state index is 11.8. The summed E-state index contributed by atoms with van der Waals surface area (Å²) < 4.78 is 5.28. The van der Waals surface area contributed by atoms with Crippen molar-refractivity contribution in [3.05, 3.63) is 30.3 Å². The first-order chi connectivity index (χ1) is 7.36. The Balaban J connectivity index is 1.91. The predicted molar refractivity (Wildman–Crippen MR) is 58.6 cm³/mol. The molecular formula is C12H15NO2. The molecule has 1 saturated heterocycles. The number of rotatable bonds is 2. The topological polar surface area (TPSA) is 38.3 Å². The molecule has 80 valence electrons. The molecule has 1 aliphatic rings. The monoisotopic (exact) mass is 205 g/mol. The van der Waals surface area contributed by atoms with E-state index in [2.05, 4.69) is 5.32 Å². The van der Waals surface area contributed by atoms with Crippen molar-refractivity contribution in [2.75, 3.05) is 18.5 Å². The largest absolute Gasteiger partial charge is 0.381 e. The predicted octanol–water partition coefficient (Wildman–Crippen LogP) is 2.05. The molecule has 0 saturated carbocycles. The summed E-state index contributed by atoms with van der Waals surface area (Å²) in [6.45, 7) is 1.34. The number of hydrogen-bond acceptors (Lipinski definition) is 2. The zero-order valence-corrected chi connectivity index (χ0v) is 8.61. The van der Waals surface area contributed by atoms with Gasteiger partial charge < -0.3 is 10.1 Å². The molecule has 1 unspecified atom stereocenters. The van der Waals surface area contributed by atoms with Gasteiger partial charge in [-0.05, 0) is 25.0 Å². The van der Waals surface area contributed by atoms with Crippen LogP contribution in [0.3, 0.4) is 0 Å². The van der Waals surface area contributed by atoms with Gasteiger partial charge in [-0.2, -0.15) is 0 Å². The molecule has 1 aromatic rings. The molecule has 0 aromatic heterocycles. The quantitative estimate of drug-likeness (QED) is 0.802. The Morgan fingerprint density at radius 2 is 2.13 bits per heavy atom. The van der Waals surface area contributed by atoms with Gasteiger partial charge in [-0.3, -0.25) is 4.79 Å². The Kier molecular flexibility index (Phi) is 3.35. The van der Waals surface area contributed by atoms with Crippen molar-refractivity contribution in [1.82, 2.24) is 0 Å². The highest BCUT2D eigenvalue weighted by atomic mass is 16.5. The average molecular weight is 205 g/mol. The van der Waals surface area contributed by atoms with Gasteiger partial charge >= 0.3 is 0 Å². The summed E-state index contributed by atoms with van der Waals surface area (Å²) in [6.07, 6.45) is 1.91. The SMILES string of the molecule is O=C(Nc1ccccc1)C1CCCOC1. The fraction of sp³-hybridized carbons (Fsp3) is 0.417. The number of nitrogens with one attached hydrogen (secondary N) is 1. The highest BCUT2D eigenvalue weighted by molar-refractivity contribution is 5.92. The van der Waals surface area contributed by atoms with E-state index in [1.165, 1.54) is 0 Å². The van der Waals surface area contributed by atoms with Crippen molar-refractivity contribution >= 4 is 11.6 Å². The zero-order chi connectivity index (χ0) is 10.5. The summed E-state index contributed by atoms with van der Waals surface area (Å²) in [5, 5.41) is 2.89. The Labute approximate surface area is 89.4 Å². The Morgan fingerprint density at radius 3 is 2.80 bits per heavy atom. The number of ether oxygens (including phenoxy) is 1. The van der Waals surface area contributed by atoms with Crippen LogP contribution in [0.1, 0.15) is 12.8 Å². The van der Waals surface area contributed by atoms with Crippen LogP contribution < -0.4 is 5.32 Å². The van der Waals surface area contributed by atoms with E-state index in [1.807, 2.05) is 30.3 Å². The lowest BCUT2D eigenvalue weighted by molar-refractivity contribution is -0.123. The van der Waals surface area contributed by atoms with Crippen LogP contribution in [0, 0.1) is 5.92 Å². The number of hydrogen-bond donors (Lipinski definition) is 1. The summed E-state index contributed by atoms with van der Waals surface area (Å²) in [5.74, 6) is 0.0832. The zero-order valence-electron chi connectivity index (χ0n) is 8.61. The van der Waals surface area contributed by atoms with Crippen LogP contribution in [0.2, 0.25) is 0 Å². The molecule has 0 aliphatic carbocycles. The van der Waals surface area contributed by atoms with Gasteiger partial charge in [-0.15, -0.1) is 0 Å². The third-order valence-electron chi connectivity index (χ3n) is 2.57. The molecule has 0 radical (unpaired) electrons. The number of para-hydroxylation sites is 1. The number of carbonyl (C=O) groups excluding carboxylic acids is 1. The number of amides is 1. The molecule has 3 heteroatoms. The first-order valence-electron chi connectivity index (χ1n) is 5.30. The summed E-state index contributed by atoms with van der Waals surface area (Å²) in [6, 6.07) is 9.53. The Hall–Kier alpha value is -1.35. The highest BCUT2D eigenvalue weighted by Gasteiger charge is 2.21. The highest BCUT2D eigenvalue weighted by Crippen LogP contribution is 2.16. The molecule has 0 bridgehead atoms. The molecule has 1 fully saturated rings. The molecule has 2 rings (SSSR count). The van der Waals surface area contributed by atoms with E-state index in [1.54, 1.807) is 0 Å². The van der Waals surface area contributed by atoms with E-state index in [0.717, 1.165) is 25.1 Å². The standard InChI is InChI=1S/C12H15NO2/c14-12(10-5-4-8-15-9-10)13-11-6-2-1-3-7-11/h1-3,6-7,10H,4-5,8-9H2,(H,13,14). The maximum atomic E-state index is 11.8. The lowest BCUT2D eigenvalue weighted by atomic mass is 10.0. The fourth-order valence-electron chi connectivity index (χ4n) is 1.71. The van der Waals surface area contributed by atoms with Gasteiger partial charge in [-0.1, -0.05) is 18.2 Å². The molecule has 1 amide bonds. The van der Waals surface area contributed by atoms with Gasteiger partial charge in [0.15, 0.2) is 0 Å². The number of anilines is 1. The number of carbonyl (C=O) groups is 1. The van der Waals surface area contributed by atoms with Crippen LogP contribution >= 0.6 is 0 Å². The second-order valence-electron chi connectivity index (χ2n) is 3.77. The van der Waals surface area contributed by atoms with Gasteiger partial charge in [0.25, 0.3) is 0 Å². The van der Waals surface area contributed by atoms with Crippen LogP contribution in [0.25, 0.3) is 0 Å². The Morgan fingerprint density at radius 1 is 1.33 bits per heavy atom. The van der Waals surface area contributed by atoms with E-state index in [9.17, 15) is 4.79 Å². The smallest absolute Gasteiger partial charge is 0.229 e. The van der Waals surface area contributed by atoms with E-state index < -0.39 is 0 Å². The molecule has 1 heterocycles. The van der Waals surface area contributed by atoms with Gasteiger partial charge in [0.1, 0.15) is 0 Å². The van der Waals surface area contributed by atoms with E-state index >= 15 is 0 Å². The lowest BCUT2D eigenvalue weighted by Crippen LogP contribution is -2.30. The van der Waals surface area contributed by atoms with E-state index in [-0.39, 0.29) is 11.8 Å². The minimum absolute atomic E-state index is 0.0129. The summed E-state index contributed by atoms with van der Waals surface area (Å²) in [7, 11) is 0. The van der Waals surface area contributed by atoms with Crippen molar-refractivity contribution in [2.45, 2.75) is 12.8 Å². The van der Waals surface area contributed by atoms with E-state index in [4.69, 9.17) is 4.74 Å². The van der Waals surface area contributed by atoms with Crippen molar-refractivity contribution in [1.29, 1.82) is 0 Å². The first-order valence-corrected chi connectivity index (χ1v) is 5.30. The fourth-order valence-corrected chi connectivity index (χ4v) is 1.71. The van der Waals surface area contributed by atoms with Crippen LogP contribution in [0.4, 0.5) is 5.69 Å². The Bertz CT molecular complexity index is 318. The van der Waals surface area contributed by atoms with Crippen molar-refractivity contribution < 1.29 is 9.53 Å². The van der Waals surface area contributed by atoms with Crippen LogP contribution in [-0.2, 0) is 9.53 Å². The van der Waals surface area contributed by atoms with Gasteiger partial charge in [-0.25, -0.2) is 0 Å². The van der Waals surface area contributed by atoms with Crippen molar-refractivity contribution in [2.24, 2.45) is 5.92 Å².